The third-order valence-electron chi connectivity index (χ3n) is 2.00. The van der Waals surface area contributed by atoms with Crippen LogP contribution in [0.4, 0.5) is 0 Å². The topological polar surface area (TPSA) is 95.7 Å². The van der Waals surface area contributed by atoms with Gasteiger partial charge in [-0.3, -0.25) is 9.59 Å². The summed E-state index contributed by atoms with van der Waals surface area (Å²) in [5.41, 5.74) is 3.63. The molecule has 0 fully saturated rings. The van der Waals surface area contributed by atoms with Crippen LogP contribution in [0.3, 0.4) is 0 Å². The van der Waals surface area contributed by atoms with Crippen LogP contribution in [0.2, 0.25) is 0 Å². The van der Waals surface area contributed by atoms with Gasteiger partial charge in [0.2, 0.25) is 0 Å². The van der Waals surface area contributed by atoms with Gasteiger partial charge in [0.25, 0.3) is 0 Å². The zero-order chi connectivity index (χ0) is 12.8. The van der Waals surface area contributed by atoms with E-state index in [0.717, 1.165) is 6.92 Å². The molecule has 6 nitrogen and oxygen atoms in total. The molecule has 1 atom stereocenters. The maximum absolute atomic E-state index is 11.5. The first kappa shape index (κ1) is 14.6. The molecular weight excluding hydrogens is 214 g/mol. The van der Waals surface area contributed by atoms with E-state index in [1.54, 1.807) is 13.8 Å². The fourth-order valence-corrected chi connectivity index (χ4v) is 1.04. The summed E-state index contributed by atoms with van der Waals surface area (Å²) in [5.74, 6) is -2.23. The lowest BCUT2D eigenvalue weighted by Gasteiger charge is -2.22. The summed E-state index contributed by atoms with van der Waals surface area (Å²) in [4.78, 5) is 34.0. The molecule has 0 rings (SSSR count). The monoisotopic (exact) mass is 231 g/mol. The third-order valence-corrected chi connectivity index (χ3v) is 2.00. The Bertz CT molecular complexity index is 289. The van der Waals surface area contributed by atoms with Gasteiger partial charge in [-0.15, -0.1) is 0 Å². The van der Waals surface area contributed by atoms with Crippen LogP contribution in [0.1, 0.15) is 27.2 Å². The molecule has 0 spiro atoms. The van der Waals surface area contributed by atoms with E-state index in [1.807, 2.05) is 0 Å². The average Bonchev–Trinajstić information content (AvgIpc) is 2.17. The van der Waals surface area contributed by atoms with Gasteiger partial charge in [0.05, 0.1) is 19.6 Å². The Labute approximate surface area is 94.1 Å². The standard InChI is InChI=1S/C10H17NO5/c1-4-15-8(13)6-10(11,7(3)12)9(14)16-5-2/h4-6,11H2,1-3H3. The lowest BCUT2D eigenvalue weighted by atomic mass is 9.92. The van der Waals surface area contributed by atoms with E-state index in [4.69, 9.17) is 5.73 Å². The first-order valence-electron chi connectivity index (χ1n) is 5.01. The van der Waals surface area contributed by atoms with Crippen LogP contribution in [0.15, 0.2) is 0 Å². The van der Waals surface area contributed by atoms with Crippen LogP contribution in [0.5, 0.6) is 0 Å². The number of carbonyl (C=O) groups is 3. The molecule has 0 aromatic rings. The first-order chi connectivity index (χ1) is 7.38. The predicted molar refractivity (Wildman–Crippen MR) is 55.5 cm³/mol. The van der Waals surface area contributed by atoms with Crippen LogP contribution in [0, 0.1) is 0 Å². The zero-order valence-corrected chi connectivity index (χ0v) is 9.74. The average molecular weight is 231 g/mol. The SMILES string of the molecule is CCOC(=O)CC(N)(C(C)=O)C(=O)OCC. The molecule has 0 aliphatic heterocycles. The molecule has 0 radical (unpaired) electrons. The summed E-state index contributed by atoms with van der Waals surface area (Å²) in [7, 11) is 0. The minimum absolute atomic E-state index is 0.0912. The minimum atomic E-state index is -1.94. The molecule has 0 amide bonds. The van der Waals surface area contributed by atoms with Gasteiger partial charge in [-0.1, -0.05) is 0 Å². The number of hydrogen-bond donors (Lipinski definition) is 1. The van der Waals surface area contributed by atoms with Crippen molar-refractivity contribution >= 4 is 17.7 Å². The van der Waals surface area contributed by atoms with E-state index in [9.17, 15) is 14.4 Å². The molecule has 0 aromatic heterocycles. The van der Waals surface area contributed by atoms with Gasteiger partial charge in [-0.25, -0.2) is 4.79 Å². The summed E-state index contributed by atoms with van der Waals surface area (Å²) in [6, 6.07) is 0. The second kappa shape index (κ2) is 6.22. The lowest BCUT2D eigenvalue weighted by Crippen LogP contribution is -2.56. The summed E-state index contributed by atoms with van der Waals surface area (Å²) < 4.78 is 9.29. The molecule has 0 aliphatic rings. The molecule has 0 aliphatic carbocycles. The number of ether oxygens (including phenoxy) is 2. The minimum Gasteiger partial charge on any atom is -0.466 e. The van der Waals surface area contributed by atoms with Gasteiger partial charge in [0, 0.05) is 0 Å². The van der Waals surface area contributed by atoms with Crippen LogP contribution in [-0.4, -0.2) is 36.5 Å². The van der Waals surface area contributed by atoms with Crippen LogP contribution in [0.25, 0.3) is 0 Å². The number of ketones is 1. The van der Waals surface area contributed by atoms with Crippen molar-refractivity contribution in [1.29, 1.82) is 0 Å². The van der Waals surface area contributed by atoms with Gasteiger partial charge in [-0.05, 0) is 20.8 Å². The molecule has 0 saturated carbocycles. The molecule has 0 heterocycles. The second-order valence-electron chi connectivity index (χ2n) is 3.23. The van der Waals surface area contributed by atoms with Crippen LogP contribution >= 0.6 is 0 Å². The third kappa shape index (κ3) is 3.62. The van der Waals surface area contributed by atoms with Gasteiger partial charge in [0.1, 0.15) is 0 Å². The maximum Gasteiger partial charge on any atom is 0.334 e. The first-order valence-corrected chi connectivity index (χ1v) is 5.01. The number of rotatable bonds is 6. The Morgan fingerprint density at radius 3 is 2.00 bits per heavy atom. The van der Waals surface area contributed by atoms with Crippen molar-refractivity contribution in [2.24, 2.45) is 5.73 Å². The fourth-order valence-electron chi connectivity index (χ4n) is 1.04. The molecule has 16 heavy (non-hydrogen) atoms. The largest absolute Gasteiger partial charge is 0.466 e. The Morgan fingerprint density at radius 2 is 1.62 bits per heavy atom. The highest BCUT2D eigenvalue weighted by molar-refractivity contribution is 6.09. The predicted octanol–water partition coefficient (Wildman–Crippen LogP) is -0.211. The van der Waals surface area contributed by atoms with Gasteiger partial charge >= 0.3 is 11.9 Å². The molecule has 0 aromatic carbocycles. The summed E-state index contributed by atoms with van der Waals surface area (Å²) in [5, 5.41) is 0. The highest BCUT2D eigenvalue weighted by Crippen LogP contribution is 2.12. The molecular formula is C10H17NO5. The van der Waals surface area contributed by atoms with E-state index in [0.29, 0.717) is 0 Å². The Morgan fingerprint density at radius 1 is 1.12 bits per heavy atom. The Hall–Kier alpha value is -1.43. The highest BCUT2D eigenvalue weighted by atomic mass is 16.5. The second-order valence-corrected chi connectivity index (χ2v) is 3.23. The normalized spacial score (nSPS) is 13.8. The zero-order valence-electron chi connectivity index (χ0n) is 9.74. The Kier molecular flexibility index (Phi) is 5.66. The Balaban J connectivity index is 4.76. The van der Waals surface area contributed by atoms with Crippen LogP contribution < -0.4 is 5.73 Å². The van der Waals surface area contributed by atoms with Crippen LogP contribution in [-0.2, 0) is 23.9 Å². The van der Waals surface area contributed by atoms with E-state index < -0.39 is 29.7 Å². The van der Waals surface area contributed by atoms with E-state index in [-0.39, 0.29) is 13.2 Å². The highest BCUT2D eigenvalue weighted by Gasteiger charge is 2.43. The summed E-state index contributed by atoms with van der Waals surface area (Å²) >= 11 is 0. The molecule has 6 heteroatoms. The summed E-state index contributed by atoms with van der Waals surface area (Å²) in [6.45, 7) is 4.59. The van der Waals surface area contributed by atoms with Crippen molar-refractivity contribution in [2.45, 2.75) is 32.7 Å². The van der Waals surface area contributed by atoms with Crippen molar-refractivity contribution in [3.8, 4) is 0 Å². The van der Waals surface area contributed by atoms with E-state index in [2.05, 4.69) is 9.47 Å². The van der Waals surface area contributed by atoms with Gasteiger partial charge in [0.15, 0.2) is 11.3 Å². The molecule has 92 valence electrons. The van der Waals surface area contributed by atoms with Crippen molar-refractivity contribution in [1.82, 2.24) is 0 Å². The number of esters is 2. The fraction of sp³-hybridized carbons (Fsp3) is 0.700. The number of nitrogens with two attached hydrogens (primary N) is 1. The van der Waals surface area contributed by atoms with Gasteiger partial charge < -0.3 is 15.2 Å². The molecule has 0 bridgehead atoms. The van der Waals surface area contributed by atoms with Crippen molar-refractivity contribution in [3.05, 3.63) is 0 Å². The number of hydrogen-bond acceptors (Lipinski definition) is 6. The maximum atomic E-state index is 11.5. The van der Waals surface area contributed by atoms with Gasteiger partial charge in [-0.2, -0.15) is 0 Å². The lowest BCUT2D eigenvalue weighted by molar-refractivity contribution is -0.159. The molecule has 2 N–H and O–H groups in total. The number of Topliss-reactive ketones (excluding diaryl/α,β-unsaturated/α-hetero) is 1. The smallest absolute Gasteiger partial charge is 0.334 e. The van der Waals surface area contributed by atoms with Crippen molar-refractivity contribution < 1.29 is 23.9 Å². The van der Waals surface area contributed by atoms with E-state index in [1.165, 1.54) is 0 Å². The van der Waals surface area contributed by atoms with Crippen molar-refractivity contribution in [3.63, 3.8) is 0 Å². The number of carbonyl (C=O) groups excluding carboxylic acids is 3. The molecule has 0 saturated heterocycles. The quantitative estimate of drug-likeness (QED) is 0.502. The van der Waals surface area contributed by atoms with E-state index >= 15 is 0 Å². The molecule has 1 unspecified atom stereocenters. The van der Waals surface area contributed by atoms with Crippen molar-refractivity contribution in [2.75, 3.05) is 13.2 Å². The summed E-state index contributed by atoms with van der Waals surface area (Å²) in [6.07, 6.45) is -0.505.